The molecule has 0 radical (unpaired) electrons. The lowest BCUT2D eigenvalue weighted by Crippen LogP contribution is -2.44. The van der Waals surface area contributed by atoms with E-state index in [1.54, 1.807) is 12.1 Å². The Morgan fingerprint density at radius 3 is 2.64 bits per heavy atom. The van der Waals surface area contributed by atoms with Crippen molar-refractivity contribution >= 4 is 22.6 Å². The average Bonchev–Trinajstić information content (AvgIpc) is 2.91. The molecule has 0 unspecified atom stereocenters. The van der Waals surface area contributed by atoms with Gasteiger partial charge in [-0.15, -0.1) is 5.10 Å². The molecule has 0 saturated carbocycles. The molecule has 6 heteroatoms. The number of para-hydroxylation sites is 2. The van der Waals surface area contributed by atoms with E-state index in [-0.39, 0.29) is 6.54 Å². The van der Waals surface area contributed by atoms with Crippen LogP contribution in [0.3, 0.4) is 0 Å². The van der Waals surface area contributed by atoms with Crippen LogP contribution in [0.25, 0.3) is 11.0 Å². The average molecular weight is 296 g/mol. The van der Waals surface area contributed by atoms with Crippen LogP contribution in [-0.2, 0) is 11.3 Å². The van der Waals surface area contributed by atoms with Crippen molar-refractivity contribution in [1.29, 1.82) is 0 Å². The minimum Gasteiger partial charge on any atom is -0.378 e. The quantitative estimate of drug-likeness (QED) is 0.769. The van der Waals surface area contributed by atoms with E-state index in [9.17, 15) is 9.90 Å². The van der Waals surface area contributed by atoms with Crippen LogP contribution < -0.4 is 5.32 Å². The van der Waals surface area contributed by atoms with Gasteiger partial charge < -0.3 is 10.4 Å². The molecule has 6 nitrogen and oxygen atoms in total. The summed E-state index contributed by atoms with van der Waals surface area (Å²) in [6.07, 6.45) is 0. The van der Waals surface area contributed by atoms with Crippen LogP contribution in [0.5, 0.6) is 0 Å². The normalized spacial score (nSPS) is 13.7. The summed E-state index contributed by atoms with van der Waals surface area (Å²) in [5.74, 6) is -0.488. The van der Waals surface area contributed by atoms with Crippen molar-refractivity contribution in [2.75, 3.05) is 5.32 Å². The fraction of sp³-hybridized carbons (Fsp3) is 0.188. The molecule has 1 atom stereocenters. The number of nitrogens with zero attached hydrogens (tertiary/aromatic N) is 3. The maximum absolute atomic E-state index is 12.3. The van der Waals surface area contributed by atoms with E-state index in [0.29, 0.717) is 5.69 Å². The smallest absolute Gasteiger partial charge is 0.257 e. The lowest BCUT2D eigenvalue weighted by molar-refractivity contribution is -0.133. The van der Waals surface area contributed by atoms with Crippen LogP contribution in [0.1, 0.15) is 6.92 Å². The SMILES string of the molecule is C[C@](O)(Cn1nnc2ccccc21)C(=O)Nc1ccccc1. The molecule has 0 aliphatic rings. The van der Waals surface area contributed by atoms with Gasteiger partial charge in [0.25, 0.3) is 5.91 Å². The molecule has 112 valence electrons. The van der Waals surface area contributed by atoms with Gasteiger partial charge in [-0.3, -0.25) is 4.79 Å². The van der Waals surface area contributed by atoms with E-state index in [0.717, 1.165) is 11.0 Å². The largest absolute Gasteiger partial charge is 0.378 e. The summed E-state index contributed by atoms with van der Waals surface area (Å²) in [6, 6.07) is 16.4. The standard InChI is InChI=1S/C16H16N4O2/c1-16(22,15(21)17-12-7-3-2-4-8-12)11-20-14-10-6-5-9-13(14)18-19-20/h2-10,22H,11H2,1H3,(H,17,21)/t16-/m0/s1. The number of aromatic nitrogens is 3. The highest BCUT2D eigenvalue weighted by atomic mass is 16.3. The maximum atomic E-state index is 12.3. The first-order valence-electron chi connectivity index (χ1n) is 6.93. The predicted octanol–water partition coefficient (Wildman–Crippen LogP) is 1.82. The summed E-state index contributed by atoms with van der Waals surface area (Å²) in [6.45, 7) is 1.48. The van der Waals surface area contributed by atoms with Crippen LogP contribution in [0.4, 0.5) is 5.69 Å². The van der Waals surface area contributed by atoms with Gasteiger partial charge in [-0.1, -0.05) is 35.5 Å². The van der Waals surface area contributed by atoms with Gasteiger partial charge in [-0.05, 0) is 31.2 Å². The van der Waals surface area contributed by atoms with E-state index in [1.165, 1.54) is 11.6 Å². The zero-order chi connectivity index (χ0) is 15.6. The van der Waals surface area contributed by atoms with Crippen LogP contribution in [0, 0.1) is 0 Å². The number of hydrogen-bond acceptors (Lipinski definition) is 4. The highest BCUT2D eigenvalue weighted by Gasteiger charge is 2.32. The second-order valence-electron chi connectivity index (χ2n) is 5.33. The first-order chi connectivity index (χ1) is 10.6. The molecule has 1 heterocycles. The highest BCUT2D eigenvalue weighted by molar-refractivity contribution is 5.96. The van der Waals surface area contributed by atoms with E-state index < -0.39 is 11.5 Å². The third-order valence-electron chi connectivity index (χ3n) is 3.40. The van der Waals surface area contributed by atoms with Crippen molar-refractivity contribution in [3.63, 3.8) is 0 Å². The summed E-state index contributed by atoms with van der Waals surface area (Å²) < 4.78 is 1.53. The van der Waals surface area contributed by atoms with Crippen molar-refractivity contribution in [1.82, 2.24) is 15.0 Å². The summed E-state index contributed by atoms with van der Waals surface area (Å²) >= 11 is 0. The summed E-state index contributed by atoms with van der Waals surface area (Å²) in [4.78, 5) is 12.3. The van der Waals surface area contributed by atoms with Crippen LogP contribution in [-0.4, -0.2) is 31.6 Å². The van der Waals surface area contributed by atoms with Gasteiger partial charge in [0.15, 0.2) is 5.60 Å². The summed E-state index contributed by atoms with van der Waals surface area (Å²) in [5, 5.41) is 21.2. The van der Waals surface area contributed by atoms with E-state index in [4.69, 9.17) is 0 Å². The fourth-order valence-corrected chi connectivity index (χ4v) is 2.18. The second-order valence-corrected chi connectivity index (χ2v) is 5.33. The third-order valence-corrected chi connectivity index (χ3v) is 3.40. The number of aliphatic hydroxyl groups is 1. The highest BCUT2D eigenvalue weighted by Crippen LogP contribution is 2.16. The fourth-order valence-electron chi connectivity index (χ4n) is 2.18. The molecule has 0 bridgehead atoms. The van der Waals surface area contributed by atoms with Crippen molar-refractivity contribution in [2.45, 2.75) is 19.1 Å². The number of carbonyl (C=O) groups is 1. The number of rotatable bonds is 4. The molecule has 3 rings (SSSR count). The zero-order valence-electron chi connectivity index (χ0n) is 12.1. The van der Waals surface area contributed by atoms with E-state index in [2.05, 4.69) is 15.6 Å². The Bertz CT molecular complexity index is 796. The summed E-state index contributed by atoms with van der Waals surface area (Å²) in [7, 11) is 0. The molecular weight excluding hydrogens is 280 g/mol. The Morgan fingerprint density at radius 1 is 1.18 bits per heavy atom. The number of nitrogens with one attached hydrogen (secondary N) is 1. The first-order valence-corrected chi connectivity index (χ1v) is 6.93. The Balaban J connectivity index is 1.79. The summed E-state index contributed by atoms with van der Waals surface area (Å²) in [5.41, 5.74) is 0.528. The number of benzene rings is 2. The Morgan fingerprint density at radius 2 is 1.86 bits per heavy atom. The van der Waals surface area contributed by atoms with Gasteiger partial charge >= 0.3 is 0 Å². The Kier molecular flexibility index (Phi) is 3.60. The van der Waals surface area contributed by atoms with Crippen molar-refractivity contribution < 1.29 is 9.90 Å². The predicted molar refractivity (Wildman–Crippen MR) is 83.2 cm³/mol. The molecule has 3 aromatic rings. The van der Waals surface area contributed by atoms with Gasteiger partial charge in [-0.25, -0.2) is 4.68 Å². The molecule has 22 heavy (non-hydrogen) atoms. The van der Waals surface area contributed by atoms with Crippen LogP contribution in [0.2, 0.25) is 0 Å². The molecule has 0 fully saturated rings. The van der Waals surface area contributed by atoms with Crippen LogP contribution in [0.15, 0.2) is 54.6 Å². The number of hydrogen-bond donors (Lipinski definition) is 2. The molecule has 0 aliphatic carbocycles. The van der Waals surface area contributed by atoms with Gasteiger partial charge in [0.1, 0.15) is 5.52 Å². The van der Waals surface area contributed by atoms with Crippen LogP contribution >= 0.6 is 0 Å². The molecule has 0 aliphatic heterocycles. The van der Waals surface area contributed by atoms with Crippen molar-refractivity contribution in [3.05, 3.63) is 54.6 Å². The van der Waals surface area contributed by atoms with Crippen molar-refractivity contribution in [2.24, 2.45) is 0 Å². The molecule has 0 saturated heterocycles. The van der Waals surface area contributed by atoms with Gasteiger partial charge in [0.2, 0.25) is 0 Å². The van der Waals surface area contributed by atoms with Crippen molar-refractivity contribution in [3.8, 4) is 0 Å². The topological polar surface area (TPSA) is 80.0 Å². The lowest BCUT2D eigenvalue weighted by atomic mass is 10.1. The molecule has 0 spiro atoms. The zero-order valence-corrected chi connectivity index (χ0v) is 12.1. The molecule has 1 amide bonds. The van der Waals surface area contributed by atoms with E-state index >= 15 is 0 Å². The molecule has 2 N–H and O–H groups in total. The van der Waals surface area contributed by atoms with Gasteiger partial charge in [0, 0.05) is 5.69 Å². The lowest BCUT2D eigenvalue weighted by Gasteiger charge is -2.22. The monoisotopic (exact) mass is 296 g/mol. The van der Waals surface area contributed by atoms with Gasteiger partial charge in [0.05, 0.1) is 12.1 Å². The maximum Gasteiger partial charge on any atom is 0.257 e. The minimum absolute atomic E-state index is 0.0200. The number of carbonyl (C=O) groups excluding carboxylic acids is 1. The number of amides is 1. The Labute approximate surface area is 127 Å². The first kappa shape index (κ1) is 14.2. The molecular formula is C16H16N4O2. The molecule has 2 aromatic carbocycles. The number of anilines is 1. The third kappa shape index (κ3) is 2.82. The minimum atomic E-state index is -1.60. The van der Waals surface area contributed by atoms with E-state index in [1.807, 2.05) is 42.5 Å². The van der Waals surface area contributed by atoms with Gasteiger partial charge in [-0.2, -0.15) is 0 Å². The second kappa shape index (κ2) is 5.57. The Hall–Kier alpha value is -2.73. The number of fused-ring (bicyclic) bond motifs is 1. The molecule has 1 aromatic heterocycles.